The smallest absolute Gasteiger partial charge is 0.211 e. The number of imidazole rings is 1. The molecule has 0 aliphatic rings. The summed E-state index contributed by atoms with van der Waals surface area (Å²) in [7, 11) is 4.83. The van der Waals surface area contributed by atoms with Gasteiger partial charge in [-0.2, -0.15) is 0 Å². The predicted octanol–water partition coefficient (Wildman–Crippen LogP) is 4.26. The highest BCUT2D eigenvalue weighted by molar-refractivity contribution is 5.86. The first-order valence-electron chi connectivity index (χ1n) is 9.26. The fourth-order valence-corrected chi connectivity index (χ4v) is 3.43. The van der Waals surface area contributed by atoms with Gasteiger partial charge in [0.25, 0.3) is 0 Å². The normalized spacial score (nSPS) is 10.6. The lowest BCUT2D eigenvalue weighted by molar-refractivity contribution is -0.105. The second kappa shape index (κ2) is 8.16. The molecule has 7 heteroatoms. The van der Waals surface area contributed by atoms with Crippen LogP contribution in [0.2, 0.25) is 0 Å². The molecule has 4 rings (SSSR count). The Morgan fingerprint density at radius 1 is 0.900 bits per heavy atom. The average molecular weight is 403 g/mol. The van der Waals surface area contributed by atoms with E-state index in [0.29, 0.717) is 29.2 Å². The molecule has 4 aromatic rings. The van der Waals surface area contributed by atoms with E-state index in [-0.39, 0.29) is 0 Å². The van der Waals surface area contributed by atoms with E-state index in [4.69, 9.17) is 14.2 Å². The van der Waals surface area contributed by atoms with Gasteiger partial charge in [0.2, 0.25) is 6.41 Å². The lowest BCUT2D eigenvalue weighted by Gasteiger charge is -2.12. The van der Waals surface area contributed by atoms with Gasteiger partial charge in [-0.3, -0.25) is 9.20 Å². The number of hydrogen-bond acceptors (Lipinski definition) is 5. The lowest BCUT2D eigenvalue weighted by atomic mass is 10.1. The van der Waals surface area contributed by atoms with Crippen LogP contribution in [0.5, 0.6) is 17.2 Å². The Morgan fingerprint density at radius 2 is 1.73 bits per heavy atom. The molecule has 7 nitrogen and oxygen atoms in total. The maximum absolute atomic E-state index is 11.2. The summed E-state index contributed by atoms with van der Waals surface area (Å²) in [4.78, 5) is 15.7. The van der Waals surface area contributed by atoms with E-state index < -0.39 is 0 Å². The van der Waals surface area contributed by atoms with E-state index in [1.165, 1.54) is 0 Å². The number of pyridine rings is 1. The molecule has 0 aliphatic heterocycles. The first kappa shape index (κ1) is 19.3. The van der Waals surface area contributed by atoms with Gasteiger partial charge in [0, 0.05) is 17.3 Å². The average Bonchev–Trinajstić information content (AvgIpc) is 3.23. The zero-order chi connectivity index (χ0) is 21.1. The number of aromatic nitrogens is 2. The van der Waals surface area contributed by atoms with Gasteiger partial charge in [0.15, 0.2) is 17.1 Å². The van der Waals surface area contributed by atoms with Gasteiger partial charge < -0.3 is 19.5 Å². The quantitative estimate of drug-likeness (QED) is 0.467. The SMILES string of the molecule is COc1cccc(-c2cnc3c(NC=O)cc(-c4ccc(OC)c(OC)c4)cn23)c1. The van der Waals surface area contributed by atoms with Crippen molar-refractivity contribution in [3.8, 4) is 39.6 Å². The minimum Gasteiger partial charge on any atom is -0.497 e. The summed E-state index contributed by atoms with van der Waals surface area (Å²) >= 11 is 0. The van der Waals surface area contributed by atoms with Crippen molar-refractivity contribution in [2.75, 3.05) is 26.6 Å². The number of amides is 1. The number of benzene rings is 2. The van der Waals surface area contributed by atoms with Gasteiger partial charge in [-0.15, -0.1) is 0 Å². The number of carbonyl (C=O) groups excluding carboxylic acids is 1. The van der Waals surface area contributed by atoms with Crippen LogP contribution in [0.1, 0.15) is 0 Å². The molecule has 30 heavy (non-hydrogen) atoms. The van der Waals surface area contributed by atoms with Crippen LogP contribution in [0.25, 0.3) is 28.0 Å². The minimum atomic E-state index is 0.603. The van der Waals surface area contributed by atoms with E-state index in [1.54, 1.807) is 27.5 Å². The number of anilines is 1. The van der Waals surface area contributed by atoms with E-state index in [0.717, 1.165) is 28.1 Å². The molecule has 1 N–H and O–H groups in total. The summed E-state index contributed by atoms with van der Waals surface area (Å²) < 4.78 is 18.1. The van der Waals surface area contributed by atoms with Crippen molar-refractivity contribution in [1.82, 2.24) is 9.38 Å². The van der Waals surface area contributed by atoms with Crippen molar-refractivity contribution in [2.24, 2.45) is 0 Å². The molecule has 0 atom stereocenters. The molecule has 152 valence electrons. The van der Waals surface area contributed by atoms with E-state index in [2.05, 4.69) is 10.3 Å². The third-order valence-electron chi connectivity index (χ3n) is 4.90. The molecule has 2 heterocycles. The van der Waals surface area contributed by atoms with Crippen molar-refractivity contribution in [3.05, 3.63) is 60.9 Å². The van der Waals surface area contributed by atoms with Crippen LogP contribution in [0.15, 0.2) is 60.9 Å². The maximum atomic E-state index is 11.2. The van der Waals surface area contributed by atoms with E-state index in [9.17, 15) is 4.79 Å². The Bertz CT molecular complexity index is 1220. The number of hydrogen-bond donors (Lipinski definition) is 1. The molecule has 0 bridgehead atoms. The number of methoxy groups -OCH3 is 3. The Kier molecular flexibility index (Phi) is 5.26. The minimum absolute atomic E-state index is 0.603. The molecule has 1 amide bonds. The summed E-state index contributed by atoms with van der Waals surface area (Å²) in [6.07, 6.45) is 4.40. The third-order valence-corrected chi connectivity index (χ3v) is 4.90. The number of nitrogens with zero attached hydrogens (tertiary/aromatic N) is 2. The van der Waals surface area contributed by atoms with Crippen molar-refractivity contribution in [1.29, 1.82) is 0 Å². The lowest BCUT2D eigenvalue weighted by Crippen LogP contribution is -2.00. The molecular formula is C23H21N3O4. The van der Waals surface area contributed by atoms with Gasteiger partial charge in [-0.25, -0.2) is 4.98 Å². The molecule has 0 radical (unpaired) electrons. The zero-order valence-corrected chi connectivity index (χ0v) is 16.9. The summed E-state index contributed by atoms with van der Waals surface area (Å²) in [5.41, 5.74) is 4.86. The number of carbonyl (C=O) groups is 1. The third kappa shape index (κ3) is 3.41. The first-order valence-corrected chi connectivity index (χ1v) is 9.26. The second-order valence-corrected chi connectivity index (χ2v) is 6.54. The standard InChI is InChI=1S/C23H21N3O4/c1-28-18-6-4-5-16(9-18)20-12-24-23-19(25-14-27)10-17(13-26(20)23)15-7-8-21(29-2)22(11-15)30-3/h4-14H,1-3H3,(H,25,27). The topological polar surface area (TPSA) is 74.1 Å². The summed E-state index contributed by atoms with van der Waals surface area (Å²) in [6, 6.07) is 15.3. The highest BCUT2D eigenvalue weighted by Crippen LogP contribution is 2.35. The van der Waals surface area contributed by atoms with E-state index in [1.807, 2.05) is 59.1 Å². The van der Waals surface area contributed by atoms with Crippen LogP contribution in [0.4, 0.5) is 5.69 Å². The number of rotatable bonds is 7. The van der Waals surface area contributed by atoms with Crippen LogP contribution >= 0.6 is 0 Å². The molecule has 0 saturated heterocycles. The number of nitrogens with one attached hydrogen (secondary N) is 1. The largest absolute Gasteiger partial charge is 0.497 e. The van der Waals surface area contributed by atoms with Crippen LogP contribution < -0.4 is 19.5 Å². The summed E-state index contributed by atoms with van der Waals surface area (Å²) in [5, 5.41) is 2.75. The first-order chi connectivity index (χ1) is 14.7. The Balaban J connectivity index is 1.92. The number of ether oxygens (including phenoxy) is 3. The van der Waals surface area contributed by atoms with Gasteiger partial charge in [0.1, 0.15) is 5.75 Å². The monoisotopic (exact) mass is 403 g/mol. The molecule has 0 aliphatic carbocycles. The molecule has 2 aromatic carbocycles. The Morgan fingerprint density at radius 3 is 2.47 bits per heavy atom. The van der Waals surface area contributed by atoms with Gasteiger partial charge in [0.05, 0.1) is 38.9 Å². The van der Waals surface area contributed by atoms with Gasteiger partial charge in [-0.1, -0.05) is 18.2 Å². The molecule has 0 fully saturated rings. The van der Waals surface area contributed by atoms with Crippen LogP contribution in [0.3, 0.4) is 0 Å². The highest BCUT2D eigenvalue weighted by atomic mass is 16.5. The van der Waals surface area contributed by atoms with Gasteiger partial charge in [-0.05, 0) is 35.9 Å². The van der Waals surface area contributed by atoms with Crippen LogP contribution in [-0.2, 0) is 4.79 Å². The zero-order valence-electron chi connectivity index (χ0n) is 16.9. The van der Waals surface area contributed by atoms with Crippen LogP contribution in [-0.4, -0.2) is 37.1 Å². The molecule has 0 spiro atoms. The maximum Gasteiger partial charge on any atom is 0.211 e. The fraction of sp³-hybridized carbons (Fsp3) is 0.130. The fourth-order valence-electron chi connectivity index (χ4n) is 3.43. The second-order valence-electron chi connectivity index (χ2n) is 6.54. The van der Waals surface area contributed by atoms with Gasteiger partial charge >= 0.3 is 0 Å². The Labute approximate surface area is 173 Å². The summed E-state index contributed by atoms with van der Waals surface area (Å²) in [5.74, 6) is 2.02. The molecular weight excluding hydrogens is 382 g/mol. The van der Waals surface area contributed by atoms with E-state index >= 15 is 0 Å². The van der Waals surface area contributed by atoms with Crippen molar-refractivity contribution in [3.63, 3.8) is 0 Å². The van der Waals surface area contributed by atoms with Crippen LogP contribution in [0, 0.1) is 0 Å². The molecule has 2 aromatic heterocycles. The van der Waals surface area contributed by atoms with Crippen molar-refractivity contribution < 1.29 is 19.0 Å². The van der Waals surface area contributed by atoms with Crippen molar-refractivity contribution in [2.45, 2.75) is 0 Å². The molecule has 0 unspecified atom stereocenters. The highest BCUT2D eigenvalue weighted by Gasteiger charge is 2.14. The predicted molar refractivity (Wildman–Crippen MR) is 115 cm³/mol. The Hall–Kier alpha value is -4.00. The number of fused-ring (bicyclic) bond motifs is 1. The summed E-state index contributed by atoms with van der Waals surface area (Å²) in [6.45, 7) is 0. The van der Waals surface area contributed by atoms with Crippen molar-refractivity contribution >= 4 is 17.7 Å². The molecule has 0 saturated carbocycles.